The topological polar surface area (TPSA) is 50.2 Å². The molecule has 5 heteroatoms. The van der Waals surface area contributed by atoms with Crippen LogP contribution in [0.1, 0.15) is 16.7 Å². The van der Waals surface area contributed by atoms with Crippen molar-refractivity contribution < 1.29 is 9.32 Å². The van der Waals surface area contributed by atoms with Crippen LogP contribution in [0.25, 0.3) is 0 Å². The maximum absolute atomic E-state index is 12.1. The van der Waals surface area contributed by atoms with Crippen LogP contribution in [-0.4, -0.2) is 14.3 Å². The van der Waals surface area contributed by atoms with Gasteiger partial charge in [0.2, 0.25) is 0 Å². The quantitative estimate of drug-likeness (QED) is 0.863. The molecule has 1 atom stereocenters. The van der Waals surface area contributed by atoms with Crippen LogP contribution in [0.2, 0.25) is 5.15 Å². The Kier molecular flexibility index (Phi) is 5.07. The first kappa shape index (κ1) is 14.2. The van der Waals surface area contributed by atoms with Crippen molar-refractivity contribution in [2.24, 2.45) is 0 Å². The molecule has 1 N–H and O–H groups in total. The number of hydrogen-bond donors (Lipinski definition) is 1. The van der Waals surface area contributed by atoms with Crippen LogP contribution in [0.15, 0.2) is 42.6 Å². The summed E-state index contributed by atoms with van der Waals surface area (Å²) in [5.74, 6) is 0.866. The number of aliphatic hydroxyl groups excluding tert-OH is 1. The van der Waals surface area contributed by atoms with Crippen molar-refractivity contribution in [1.82, 2.24) is 4.98 Å². The number of rotatable bonds is 5. The molecule has 2 rings (SSSR count). The first-order valence-corrected chi connectivity index (χ1v) is 7.68. The summed E-state index contributed by atoms with van der Waals surface area (Å²) >= 11 is 5.94. The Morgan fingerprint density at radius 2 is 1.79 bits per heavy atom. The molecule has 0 fully saturated rings. The molecule has 1 aromatic carbocycles. The largest absolute Gasteiger partial charge is 0.392 e. The van der Waals surface area contributed by atoms with Gasteiger partial charge < -0.3 is 5.11 Å². The van der Waals surface area contributed by atoms with Gasteiger partial charge in [-0.15, -0.1) is 0 Å². The Morgan fingerprint density at radius 1 is 1.11 bits per heavy atom. The number of pyridine rings is 1. The van der Waals surface area contributed by atoms with Crippen LogP contribution in [0.3, 0.4) is 0 Å². The van der Waals surface area contributed by atoms with Gasteiger partial charge in [-0.2, -0.15) is 0 Å². The zero-order valence-electron chi connectivity index (χ0n) is 10.3. The normalized spacial score (nSPS) is 12.3. The lowest BCUT2D eigenvalue weighted by Crippen LogP contribution is -2.01. The highest BCUT2D eigenvalue weighted by atomic mass is 35.5. The second-order valence-electron chi connectivity index (χ2n) is 4.16. The molecule has 19 heavy (non-hydrogen) atoms. The zero-order chi connectivity index (χ0) is 13.7. The minimum atomic E-state index is -1.03. The molecule has 1 heterocycles. The van der Waals surface area contributed by atoms with Gasteiger partial charge in [0.05, 0.1) is 12.4 Å². The van der Waals surface area contributed by atoms with Crippen LogP contribution in [0, 0.1) is 0 Å². The Morgan fingerprint density at radius 3 is 2.42 bits per heavy atom. The monoisotopic (exact) mass is 295 g/mol. The van der Waals surface area contributed by atoms with Crippen LogP contribution in [0.5, 0.6) is 0 Å². The molecule has 0 aliphatic rings. The van der Waals surface area contributed by atoms with Crippen molar-refractivity contribution in [3.63, 3.8) is 0 Å². The third kappa shape index (κ3) is 4.13. The SMILES string of the molecule is O=S(Cc1ccc(CO)cc1)Cc1cccnc1Cl. The lowest BCUT2D eigenvalue weighted by molar-refractivity contribution is 0.282. The fourth-order valence-corrected chi connectivity index (χ4v) is 3.19. The molecule has 1 aromatic heterocycles. The molecule has 2 aromatic rings. The van der Waals surface area contributed by atoms with Gasteiger partial charge in [-0.05, 0) is 17.2 Å². The molecule has 100 valence electrons. The highest BCUT2D eigenvalue weighted by Gasteiger charge is 2.07. The number of aliphatic hydroxyl groups is 1. The van der Waals surface area contributed by atoms with Crippen molar-refractivity contribution in [2.75, 3.05) is 0 Å². The van der Waals surface area contributed by atoms with Crippen molar-refractivity contribution in [2.45, 2.75) is 18.1 Å². The standard InChI is InChI=1S/C14H14ClNO2S/c15-14-13(2-1-7-16-14)10-19(18)9-12-5-3-11(8-17)4-6-12/h1-7,17H,8-10H2. The van der Waals surface area contributed by atoms with Crippen LogP contribution in [0.4, 0.5) is 0 Å². The summed E-state index contributed by atoms with van der Waals surface area (Å²) < 4.78 is 12.1. The average molecular weight is 296 g/mol. The van der Waals surface area contributed by atoms with E-state index in [1.807, 2.05) is 30.3 Å². The van der Waals surface area contributed by atoms with E-state index in [4.69, 9.17) is 16.7 Å². The molecular weight excluding hydrogens is 282 g/mol. The third-order valence-electron chi connectivity index (χ3n) is 2.69. The molecule has 0 bridgehead atoms. The van der Waals surface area contributed by atoms with Gasteiger partial charge >= 0.3 is 0 Å². The summed E-state index contributed by atoms with van der Waals surface area (Å²) in [5.41, 5.74) is 2.63. The zero-order valence-corrected chi connectivity index (χ0v) is 11.8. The van der Waals surface area contributed by atoms with E-state index >= 15 is 0 Å². The number of nitrogens with zero attached hydrogens (tertiary/aromatic N) is 1. The van der Waals surface area contributed by atoms with Crippen LogP contribution >= 0.6 is 11.6 Å². The summed E-state index contributed by atoms with van der Waals surface area (Å²) in [7, 11) is -1.03. The molecule has 0 aliphatic heterocycles. The van der Waals surface area contributed by atoms with Crippen molar-refractivity contribution in [3.8, 4) is 0 Å². The summed E-state index contributed by atoms with van der Waals surface area (Å²) in [6.07, 6.45) is 1.61. The number of halogens is 1. The second kappa shape index (κ2) is 6.80. The summed E-state index contributed by atoms with van der Waals surface area (Å²) in [4.78, 5) is 3.97. The van der Waals surface area contributed by atoms with E-state index in [0.717, 1.165) is 16.7 Å². The number of hydrogen-bond acceptors (Lipinski definition) is 3. The van der Waals surface area contributed by atoms with Gasteiger partial charge in [0.15, 0.2) is 0 Å². The van der Waals surface area contributed by atoms with E-state index in [1.165, 1.54) is 0 Å². The van der Waals surface area contributed by atoms with Crippen LogP contribution in [-0.2, 0) is 28.9 Å². The highest BCUT2D eigenvalue weighted by Crippen LogP contribution is 2.16. The van der Waals surface area contributed by atoms with E-state index in [1.54, 1.807) is 12.3 Å². The van der Waals surface area contributed by atoms with Crippen molar-refractivity contribution in [3.05, 3.63) is 64.4 Å². The Balaban J connectivity index is 1.99. The molecule has 0 saturated carbocycles. The first-order chi connectivity index (χ1) is 9.19. The third-order valence-corrected chi connectivity index (χ3v) is 4.31. The van der Waals surface area contributed by atoms with E-state index in [0.29, 0.717) is 16.7 Å². The molecular formula is C14H14ClNO2S. The summed E-state index contributed by atoms with van der Waals surface area (Å²) in [5, 5.41) is 9.36. The minimum absolute atomic E-state index is 0.0225. The molecule has 0 radical (unpaired) electrons. The average Bonchev–Trinajstić information content (AvgIpc) is 2.42. The molecule has 0 saturated heterocycles. The van der Waals surface area contributed by atoms with Crippen molar-refractivity contribution >= 4 is 22.4 Å². The molecule has 1 unspecified atom stereocenters. The van der Waals surface area contributed by atoms with Gasteiger partial charge in [-0.25, -0.2) is 4.98 Å². The number of benzene rings is 1. The molecule has 0 amide bonds. The minimum Gasteiger partial charge on any atom is -0.392 e. The maximum atomic E-state index is 12.1. The predicted octanol–water partition coefficient (Wildman–Crippen LogP) is 2.68. The van der Waals surface area contributed by atoms with E-state index in [9.17, 15) is 4.21 Å². The van der Waals surface area contributed by atoms with Gasteiger partial charge in [-0.3, -0.25) is 4.21 Å². The number of aromatic nitrogens is 1. The first-order valence-electron chi connectivity index (χ1n) is 5.82. The predicted molar refractivity (Wildman–Crippen MR) is 77.2 cm³/mol. The molecule has 0 aliphatic carbocycles. The second-order valence-corrected chi connectivity index (χ2v) is 5.97. The fraction of sp³-hybridized carbons (Fsp3) is 0.214. The van der Waals surface area contributed by atoms with E-state index in [-0.39, 0.29) is 6.61 Å². The highest BCUT2D eigenvalue weighted by molar-refractivity contribution is 7.83. The maximum Gasteiger partial charge on any atom is 0.133 e. The summed E-state index contributed by atoms with van der Waals surface area (Å²) in [6, 6.07) is 11.1. The Hall–Kier alpha value is -1.23. The van der Waals surface area contributed by atoms with Gasteiger partial charge in [0, 0.05) is 28.3 Å². The van der Waals surface area contributed by atoms with Crippen LogP contribution < -0.4 is 0 Å². The lowest BCUT2D eigenvalue weighted by atomic mass is 10.2. The Bertz CT molecular complexity index is 572. The van der Waals surface area contributed by atoms with Gasteiger partial charge in [0.1, 0.15) is 5.15 Å². The molecule has 3 nitrogen and oxygen atoms in total. The molecule has 0 spiro atoms. The van der Waals surface area contributed by atoms with Crippen molar-refractivity contribution in [1.29, 1.82) is 0 Å². The Labute approximate surface area is 119 Å². The smallest absolute Gasteiger partial charge is 0.133 e. The van der Waals surface area contributed by atoms with E-state index in [2.05, 4.69) is 4.98 Å². The lowest BCUT2D eigenvalue weighted by Gasteiger charge is -2.05. The van der Waals surface area contributed by atoms with Gasteiger partial charge in [-0.1, -0.05) is 41.9 Å². The fourth-order valence-electron chi connectivity index (χ4n) is 1.68. The summed E-state index contributed by atoms with van der Waals surface area (Å²) in [6.45, 7) is 0.0225. The van der Waals surface area contributed by atoms with Gasteiger partial charge in [0.25, 0.3) is 0 Å². The van der Waals surface area contributed by atoms with E-state index < -0.39 is 10.8 Å².